The Labute approximate surface area is 148 Å². The Hall–Kier alpha value is -2.02. The van der Waals surface area contributed by atoms with Gasteiger partial charge in [0, 0.05) is 36.3 Å². The molecular weight excluding hydrogens is 320 g/mol. The lowest BCUT2D eigenvalue weighted by Gasteiger charge is -2.34. The van der Waals surface area contributed by atoms with E-state index in [0.717, 1.165) is 43.1 Å². The minimum Gasteiger partial charge on any atom is -0.480 e. The van der Waals surface area contributed by atoms with E-state index in [-0.39, 0.29) is 18.9 Å². The molecule has 138 valence electrons. The van der Waals surface area contributed by atoms with E-state index in [1.807, 2.05) is 13.0 Å². The maximum Gasteiger partial charge on any atom is 0.322 e. The number of rotatable bonds is 7. The molecule has 0 aromatic carbocycles. The highest BCUT2D eigenvalue weighted by Gasteiger charge is 2.25. The molecule has 2 rings (SSSR count). The minimum absolute atomic E-state index is 0.228. The largest absolute Gasteiger partial charge is 0.480 e. The van der Waals surface area contributed by atoms with E-state index in [0.29, 0.717) is 18.4 Å². The molecule has 0 saturated carbocycles. The molecule has 1 atom stereocenters. The Morgan fingerprint density at radius 3 is 2.84 bits per heavy atom. The van der Waals surface area contributed by atoms with Crippen molar-refractivity contribution >= 4 is 11.9 Å². The lowest BCUT2D eigenvalue weighted by atomic mass is 9.96. The number of nitrogens with one attached hydrogen (secondary N) is 1. The Morgan fingerprint density at radius 2 is 2.16 bits per heavy atom. The Morgan fingerprint density at radius 1 is 1.40 bits per heavy atom. The summed E-state index contributed by atoms with van der Waals surface area (Å²) in [6, 6.07) is 2.42. The summed E-state index contributed by atoms with van der Waals surface area (Å²) in [5, 5.41) is 11.0. The number of aryl methyl sites for hydroxylation is 2. The Balaban J connectivity index is 1.99. The van der Waals surface area contributed by atoms with Crippen molar-refractivity contribution in [2.24, 2.45) is 0 Å². The van der Waals surface area contributed by atoms with E-state index in [1.54, 1.807) is 0 Å². The van der Waals surface area contributed by atoms with Crippen LogP contribution in [0.1, 0.15) is 56.2 Å². The summed E-state index contributed by atoms with van der Waals surface area (Å²) in [4.78, 5) is 33.9. The lowest BCUT2D eigenvalue weighted by molar-refractivity contribution is -0.137. The lowest BCUT2D eigenvalue weighted by Crippen LogP contribution is -2.39. The number of aliphatic carboxylic acids is 1. The predicted molar refractivity (Wildman–Crippen MR) is 94.4 cm³/mol. The fourth-order valence-corrected chi connectivity index (χ4v) is 3.16. The number of aromatic nitrogens is 2. The third kappa shape index (κ3) is 6.08. The van der Waals surface area contributed by atoms with Crippen LogP contribution in [0.25, 0.3) is 0 Å². The normalized spacial score (nSPS) is 18.3. The van der Waals surface area contributed by atoms with Crippen molar-refractivity contribution in [3.05, 3.63) is 23.3 Å². The molecule has 0 bridgehead atoms. The fourth-order valence-electron chi connectivity index (χ4n) is 3.16. The number of hydrogen-bond acceptors (Lipinski definition) is 5. The van der Waals surface area contributed by atoms with E-state index in [4.69, 9.17) is 5.11 Å². The van der Waals surface area contributed by atoms with E-state index >= 15 is 0 Å². The van der Waals surface area contributed by atoms with E-state index in [2.05, 4.69) is 34.0 Å². The number of hydrogen-bond donors (Lipinski definition) is 2. The van der Waals surface area contributed by atoms with E-state index in [9.17, 15) is 9.59 Å². The molecule has 1 aliphatic heterocycles. The summed E-state index contributed by atoms with van der Waals surface area (Å²) >= 11 is 0. The first-order chi connectivity index (χ1) is 11.8. The van der Waals surface area contributed by atoms with Crippen molar-refractivity contribution in [3.63, 3.8) is 0 Å². The van der Waals surface area contributed by atoms with Crippen LogP contribution in [-0.4, -0.2) is 57.5 Å². The van der Waals surface area contributed by atoms with Gasteiger partial charge < -0.3 is 15.3 Å². The van der Waals surface area contributed by atoms with Gasteiger partial charge in [0.25, 0.3) is 0 Å². The number of carbonyl (C=O) groups excluding carboxylic acids is 1. The first kappa shape index (κ1) is 19.3. The molecule has 7 heteroatoms. The molecule has 1 aliphatic rings. The molecule has 0 aliphatic carbocycles. The van der Waals surface area contributed by atoms with Crippen molar-refractivity contribution in [3.8, 4) is 0 Å². The van der Waals surface area contributed by atoms with Gasteiger partial charge in [-0.05, 0) is 52.6 Å². The van der Waals surface area contributed by atoms with Gasteiger partial charge in [-0.15, -0.1) is 0 Å². The summed E-state index contributed by atoms with van der Waals surface area (Å²) in [7, 11) is 0. The maximum atomic E-state index is 11.7. The third-order valence-electron chi connectivity index (χ3n) is 4.52. The van der Waals surface area contributed by atoms with Crippen LogP contribution in [-0.2, 0) is 16.0 Å². The molecule has 1 amide bonds. The zero-order chi connectivity index (χ0) is 18.4. The summed E-state index contributed by atoms with van der Waals surface area (Å²) in [6.45, 7) is 8.11. The Bertz CT molecular complexity index is 618. The van der Waals surface area contributed by atoms with Gasteiger partial charge in [-0.1, -0.05) is 0 Å². The molecule has 1 fully saturated rings. The average Bonchev–Trinajstić information content (AvgIpc) is 2.57. The SMILES string of the molecule is Cc1cc(CCC(=O)NCC(=O)O)nc([C@@H]2CCCN(C(C)C)C2)n1. The van der Waals surface area contributed by atoms with Gasteiger partial charge in [-0.2, -0.15) is 0 Å². The van der Waals surface area contributed by atoms with Crippen molar-refractivity contribution in [1.29, 1.82) is 0 Å². The van der Waals surface area contributed by atoms with Crippen molar-refractivity contribution in [2.45, 2.75) is 58.4 Å². The number of amides is 1. The molecule has 2 heterocycles. The van der Waals surface area contributed by atoms with Gasteiger partial charge in [0.2, 0.25) is 5.91 Å². The molecule has 1 aromatic rings. The molecule has 1 aromatic heterocycles. The van der Waals surface area contributed by atoms with Crippen LogP contribution in [0.5, 0.6) is 0 Å². The van der Waals surface area contributed by atoms with Crippen LogP contribution in [0.2, 0.25) is 0 Å². The van der Waals surface area contributed by atoms with Gasteiger partial charge in [-0.3, -0.25) is 9.59 Å². The number of carbonyl (C=O) groups is 2. The molecular formula is C18H28N4O3. The van der Waals surface area contributed by atoms with Crippen molar-refractivity contribution < 1.29 is 14.7 Å². The standard InChI is InChI=1S/C18H28N4O3/c1-12(2)22-8-4-5-14(11-22)18-20-13(3)9-15(21-18)6-7-16(23)19-10-17(24)25/h9,12,14H,4-8,10-11H2,1-3H3,(H,19,23)(H,24,25)/t14-/m1/s1. The minimum atomic E-state index is -1.04. The molecule has 0 spiro atoms. The molecule has 25 heavy (non-hydrogen) atoms. The monoisotopic (exact) mass is 348 g/mol. The molecule has 7 nitrogen and oxygen atoms in total. The molecule has 0 unspecified atom stereocenters. The van der Waals surface area contributed by atoms with Crippen LogP contribution in [0.4, 0.5) is 0 Å². The zero-order valence-corrected chi connectivity index (χ0v) is 15.3. The predicted octanol–water partition coefficient (Wildman–Crippen LogP) is 1.51. The van der Waals surface area contributed by atoms with Crippen molar-refractivity contribution in [1.82, 2.24) is 20.2 Å². The first-order valence-corrected chi connectivity index (χ1v) is 8.92. The smallest absolute Gasteiger partial charge is 0.322 e. The second kappa shape index (κ2) is 8.89. The molecule has 2 N–H and O–H groups in total. The second-order valence-electron chi connectivity index (χ2n) is 6.96. The highest BCUT2D eigenvalue weighted by Crippen LogP contribution is 2.26. The van der Waals surface area contributed by atoms with Crippen LogP contribution < -0.4 is 5.32 Å². The average molecular weight is 348 g/mol. The number of carboxylic acid groups (broad SMARTS) is 1. The maximum absolute atomic E-state index is 11.7. The van der Waals surface area contributed by atoms with Crippen LogP contribution in [0, 0.1) is 6.92 Å². The first-order valence-electron chi connectivity index (χ1n) is 8.92. The second-order valence-corrected chi connectivity index (χ2v) is 6.96. The molecule has 0 radical (unpaired) electrons. The quantitative estimate of drug-likeness (QED) is 0.775. The Kier molecular flexibility index (Phi) is 6.87. The number of carboxylic acids is 1. The third-order valence-corrected chi connectivity index (χ3v) is 4.52. The number of piperidine rings is 1. The molecule has 1 saturated heterocycles. The van der Waals surface area contributed by atoms with Gasteiger partial charge in [-0.25, -0.2) is 9.97 Å². The topological polar surface area (TPSA) is 95.4 Å². The van der Waals surface area contributed by atoms with Gasteiger partial charge in [0.15, 0.2) is 0 Å². The highest BCUT2D eigenvalue weighted by molar-refractivity contribution is 5.81. The summed E-state index contributed by atoms with van der Waals surface area (Å²) in [5.74, 6) is -0.119. The fraction of sp³-hybridized carbons (Fsp3) is 0.667. The number of likely N-dealkylation sites (tertiary alicyclic amines) is 1. The van der Waals surface area contributed by atoms with Crippen molar-refractivity contribution in [2.75, 3.05) is 19.6 Å². The van der Waals surface area contributed by atoms with Gasteiger partial charge >= 0.3 is 5.97 Å². The van der Waals surface area contributed by atoms with Gasteiger partial charge in [0.05, 0.1) is 0 Å². The van der Waals surface area contributed by atoms with E-state index < -0.39 is 5.97 Å². The highest BCUT2D eigenvalue weighted by atomic mass is 16.4. The van der Waals surface area contributed by atoms with Crippen LogP contribution in [0.15, 0.2) is 6.07 Å². The van der Waals surface area contributed by atoms with Crippen LogP contribution in [0.3, 0.4) is 0 Å². The zero-order valence-electron chi connectivity index (χ0n) is 15.3. The van der Waals surface area contributed by atoms with Gasteiger partial charge in [0.1, 0.15) is 12.4 Å². The van der Waals surface area contributed by atoms with Crippen LogP contribution >= 0.6 is 0 Å². The number of nitrogens with zero attached hydrogens (tertiary/aromatic N) is 3. The summed E-state index contributed by atoms with van der Waals surface area (Å²) in [5.41, 5.74) is 1.75. The summed E-state index contributed by atoms with van der Waals surface area (Å²) in [6.07, 6.45) is 2.95. The van der Waals surface area contributed by atoms with E-state index in [1.165, 1.54) is 0 Å². The summed E-state index contributed by atoms with van der Waals surface area (Å²) < 4.78 is 0.